The van der Waals surface area contributed by atoms with E-state index in [-0.39, 0.29) is 12.0 Å². The van der Waals surface area contributed by atoms with Gasteiger partial charge < -0.3 is 14.7 Å². The summed E-state index contributed by atoms with van der Waals surface area (Å²) in [4.78, 5) is 2.13. The minimum Gasteiger partial charge on any atom is -0.495 e. The molecule has 0 spiro atoms. The standard InChI is InChI=1S/C14H20ClNO2/c1-16(9-14(10-17)6-3-7-14)12-8-11(15)4-5-13(12)18-2/h4-5,8,17H,3,6-7,9-10H2,1-2H3. The molecular weight excluding hydrogens is 250 g/mol. The molecule has 0 unspecified atom stereocenters. The van der Waals surface area contributed by atoms with Gasteiger partial charge in [0.2, 0.25) is 0 Å². The second-order valence-electron chi connectivity index (χ2n) is 5.18. The summed E-state index contributed by atoms with van der Waals surface area (Å²) >= 11 is 6.04. The smallest absolute Gasteiger partial charge is 0.142 e. The lowest BCUT2D eigenvalue weighted by Gasteiger charge is -2.43. The fourth-order valence-electron chi connectivity index (χ4n) is 2.59. The Kier molecular flexibility index (Phi) is 4.03. The van der Waals surface area contributed by atoms with Crippen molar-refractivity contribution in [3.05, 3.63) is 23.2 Å². The molecule has 1 aromatic rings. The first kappa shape index (κ1) is 13.5. The summed E-state index contributed by atoms with van der Waals surface area (Å²) in [5.41, 5.74) is 1.03. The highest BCUT2D eigenvalue weighted by molar-refractivity contribution is 6.30. The van der Waals surface area contributed by atoms with Crippen LogP contribution in [0.2, 0.25) is 5.02 Å². The van der Waals surface area contributed by atoms with Gasteiger partial charge in [-0.15, -0.1) is 0 Å². The summed E-state index contributed by atoms with van der Waals surface area (Å²) in [6, 6.07) is 5.60. The zero-order valence-electron chi connectivity index (χ0n) is 10.9. The number of aliphatic hydroxyl groups is 1. The van der Waals surface area contributed by atoms with E-state index >= 15 is 0 Å². The molecule has 0 aliphatic heterocycles. The third kappa shape index (κ3) is 2.57. The number of anilines is 1. The molecule has 1 aromatic carbocycles. The molecule has 3 nitrogen and oxygen atoms in total. The van der Waals surface area contributed by atoms with Crippen LogP contribution >= 0.6 is 11.6 Å². The third-order valence-corrected chi connectivity index (χ3v) is 4.11. The van der Waals surface area contributed by atoms with Crippen molar-refractivity contribution in [1.82, 2.24) is 0 Å². The van der Waals surface area contributed by atoms with Crippen molar-refractivity contribution >= 4 is 17.3 Å². The van der Waals surface area contributed by atoms with Crippen LogP contribution in [0.4, 0.5) is 5.69 Å². The number of halogens is 1. The largest absolute Gasteiger partial charge is 0.495 e. The SMILES string of the molecule is COc1ccc(Cl)cc1N(C)CC1(CO)CCC1. The predicted octanol–water partition coefficient (Wildman–Crippen LogP) is 2.95. The first-order valence-electron chi connectivity index (χ1n) is 6.26. The molecule has 2 rings (SSSR count). The summed E-state index contributed by atoms with van der Waals surface area (Å²) in [5.74, 6) is 0.814. The molecule has 1 N–H and O–H groups in total. The maximum absolute atomic E-state index is 9.53. The number of hydrogen-bond acceptors (Lipinski definition) is 3. The average molecular weight is 270 g/mol. The molecule has 0 saturated heterocycles. The van der Waals surface area contributed by atoms with Crippen molar-refractivity contribution in [2.45, 2.75) is 19.3 Å². The Bertz CT molecular complexity index is 413. The van der Waals surface area contributed by atoms with Crippen molar-refractivity contribution < 1.29 is 9.84 Å². The van der Waals surface area contributed by atoms with Crippen molar-refractivity contribution in [2.75, 3.05) is 32.2 Å². The number of benzene rings is 1. The van der Waals surface area contributed by atoms with Gasteiger partial charge in [0.25, 0.3) is 0 Å². The van der Waals surface area contributed by atoms with Gasteiger partial charge in [0.15, 0.2) is 0 Å². The maximum atomic E-state index is 9.53. The van der Waals surface area contributed by atoms with Crippen LogP contribution in [0.25, 0.3) is 0 Å². The topological polar surface area (TPSA) is 32.7 Å². The van der Waals surface area contributed by atoms with Gasteiger partial charge in [-0.1, -0.05) is 18.0 Å². The molecular formula is C14H20ClNO2. The zero-order valence-corrected chi connectivity index (χ0v) is 11.7. The lowest BCUT2D eigenvalue weighted by Crippen LogP contribution is -2.43. The summed E-state index contributed by atoms with van der Waals surface area (Å²) in [7, 11) is 3.68. The highest BCUT2D eigenvalue weighted by Gasteiger charge is 2.37. The van der Waals surface area contributed by atoms with E-state index in [4.69, 9.17) is 16.3 Å². The number of ether oxygens (including phenoxy) is 1. The van der Waals surface area contributed by atoms with E-state index in [0.29, 0.717) is 5.02 Å². The first-order valence-corrected chi connectivity index (χ1v) is 6.63. The molecule has 0 heterocycles. The Hall–Kier alpha value is -0.930. The van der Waals surface area contributed by atoms with Crippen molar-refractivity contribution in [2.24, 2.45) is 5.41 Å². The molecule has 0 radical (unpaired) electrons. The number of aliphatic hydroxyl groups excluding tert-OH is 1. The van der Waals surface area contributed by atoms with Gasteiger partial charge >= 0.3 is 0 Å². The summed E-state index contributed by atoms with van der Waals surface area (Å²) < 4.78 is 5.36. The van der Waals surface area contributed by atoms with E-state index in [1.54, 1.807) is 7.11 Å². The van der Waals surface area contributed by atoms with E-state index < -0.39 is 0 Å². The van der Waals surface area contributed by atoms with Gasteiger partial charge in [0, 0.05) is 24.0 Å². The molecule has 1 aliphatic rings. The van der Waals surface area contributed by atoms with Crippen LogP contribution in [0.3, 0.4) is 0 Å². The number of rotatable bonds is 5. The second-order valence-corrected chi connectivity index (χ2v) is 5.62. The quantitative estimate of drug-likeness (QED) is 0.892. The molecule has 0 bridgehead atoms. The summed E-state index contributed by atoms with van der Waals surface area (Å²) in [6.07, 6.45) is 3.40. The molecule has 100 valence electrons. The van der Waals surface area contributed by atoms with E-state index in [1.165, 1.54) is 6.42 Å². The molecule has 18 heavy (non-hydrogen) atoms. The van der Waals surface area contributed by atoms with Crippen LogP contribution < -0.4 is 9.64 Å². The van der Waals surface area contributed by atoms with Crippen LogP contribution in [0.1, 0.15) is 19.3 Å². The summed E-state index contributed by atoms with van der Waals surface area (Å²) in [5, 5.41) is 10.2. The Morgan fingerprint density at radius 2 is 2.17 bits per heavy atom. The fraction of sp³-hybridized carbons (Fsp3) is 0.571. The molecule has 0 amide bonds. The van der Waals surface area contributed by atoms with Gasteiger partial charge in [-0.2, -0.15) is 0 Å². The molecule has 0 aromatic heterocycles. The third-order valence-electron chi connectivity index (χ3n) is 3.87. The highest BCUT2D eigenvalue weighted by atomic mass is 35.5. The number of methoxy groups -OCH3 is 1. The highest BCUT2D eigenvalue weighted by Crippen LogP contribution is 2.42. The van der Waals surface area contributed by atoms with Crippen molar-refractivity contribution in [3.63, 3.8) is 0 Å². The van der Waals surface area contributed by atoms with Crippen molar-refractivity contribution in [3.8, 4) is 5.75 Å². The van der Waals surface area contributed by atoms with Gasteiger partial charge in [0.05, 0.1) is 19.4 Å². The normalized spacial score (nSPS) is 17.1. The number of nitrogens with zero attached hydrogens (tertiary/aromatic N) is 1. The Morgan fingerprint density at radius 3 is 2.67 bits per heavy atom. The molecule has 0 atom stereocenters. The number of hydrogen-bond donors (Lipinski definition) is 1. The monoisotopic (exact) mass is 269 g/mol. The Labute approximate surface area is 113 Å². The van der Waals surface area contributed by atoms with Crippen LogP contribution in [0.15, 0.2) is 18.2 Å². The fourth-order valence-corrected chi connectivity index (χ4v) is 2.76. The summed E-state index contributed by atoms with van der Waals surface area (Å²) in [6.45, 7) is 1.08. The van der Waals surface area contributed by atoms with Crippen LogP contribution in [-0.4, -0.2) is 32.4 Å². The lowest BCUT2D eigenvalue weighted by molar-refractivity contribution is 0.0523. The van der Waals surface area contributed by atoms with Gasteiger partial charge in [-0.25, -0.2) is 0 Å². The Morgan fingerprint density at radius 1 is 1.44 bits per heavy atom. The van der Waals surface area contributed by atoms with Crippen molar-refractivity contribution in [1.29, 1.82) is 0 Å². The van der Waals surface area contributed by atoms with E-state index in [1.807, 2.05) is 25.2 Å². The molecule has 4 heteroatoms. The van der Waals surface area contributed by atoms with Gasteiger partial charge in [-0.3, -0.25) is 0 Å². The van der Waals surface area contributed by atoms with Crippen LogP contribution in [-0.2, 0) is 0 Å². The minimum absolute atomic E-state index is 0.0576. The first-order chi connectivity index (χ1) is 8.60. The average Bonchev–Trinajstić information content (AvgIpc) is 2.33. The predicted molar refractivity (Wildman–Crippen MR) is 74.6 cm³/mol. The van der Waals surface area contributed by atoms with Crippen LogP contribution in [0.5, 0.6) is 5.75 Å². The van der Waals surface area contributed by atoms with Gasteiger partial charge in [0.1, 0.15) is 5.75 Å². The lowest BCUT2D eigenvalue weighted by atomic mass is 9.69. The van der Waals surface area contributed by atoms with E-state index in [9.17, 15) is 5.11 Å². The van der Waals surface area contributed by atoms with Crippen LogP contribution in [0, 0.1) is 5.41 Å². The molecule has 1 aliphatic carbocycles. The van der Waals surface area contributed by atoms with E-state index in [0.717, 1.165) is 30.8 Å². The molecule has 1 saturated carbocycles. The Balaban J connectivity index is 2.17. The second kappa shape index (κ2) is 5.37. The minimum atomic E-state index is 0.0576. The zero-order chi connectivity index (χ0) is 13.2. The van der Waals surface area contributed by atoms with E-state index in [2.05, 4.69) is 4.90 Å². The maximum Gasteiger partial charge on any atom is 0.142 e. The van der Waals surface area contributed by atoms with Gasteiger partial charge in [-0.05, 0) is 31.0 Å². The molecule has 1 fully saturated rings.